The van der Waals surface area contributed by atoms with Crippen molar-refractivity contribution in [2.75, 3.05) is 9.80 Å². The fourth-order valence-corrected chi connectivity index (χ4v) is 16.8. The highest BCUT2D eigenvalue weighted by Crippen LogP contribution is 2.60. The van der Waals surface area contributed by atoms with Gasteiger partial charge in [-0.05, 0) is 205 Å². The number of rotatable bonds is 15. The smallest absolute Gasteiger partial charge is 0.0714 e. The topological polar surface area (TPSA) is 6.48 Å². The van der Waals surface area contributed by atoms with E-state index in [1.165, 1.54) is 94.6 Å². The summed E-state index contributed by atoms with van der Waals surface area (Å²) in [6.45, 7) is 22.1. The van der Waals surface area contributed by atoms with E-state index in [4.69, 9.17) is 0 Å². The standard InChI is InChI=1S/C102H82N2/c1-9-69-33-43-78(44-34-69)101(80-51-47-76(48-52-80)99(3,4)5)94-31-21-19-28-89(94)91-63-61-85(67-96(91)101)103(82-55-37-73(38-56-82)71-23-13-11-14-24-71)83-59-41-75(42-60-83)87-65-66-98(93-30-18-17-27-88(87)93)104(84-57-39-74(40-58-84)72-25-15-12-16-26-72)86-62-64-92-90-29-20-22-32-95(90)102(97(92)68-86,79-45-35-70(10-2)36-46-79)81-53-49-77(50-54-81)100(6,7)8/h9-68H,1-2H2,3-8H3. The number of benzene rings is 15. The molecule has 500 valence electrons. The van der Waals surface area contributed by atoms with Gasteiger partial charge in [-0.3, -0.25) is 0 Å². The van der Waals surface area contributed by atoms with Crippen molar-refractivity contribution in [1.82, 2.24) is 0 Å². The van der Waals surface area contributed by atoms with Crippen molar-refractivity contribution >= 4 is 57.0 Å². The fourth-order valence-electron chi connectivity index (χ4n) is 16.8. The molecule has 0 fully saturated rings. The molecule has 0 aliphatic heterocycles. The molecule has 0 amide bonds. The molecule has 0 spiro atoms. The number of fused-ring (bicyclic) bond motifs is 7. The number of nitrogens with zero attached hydrogens (tertiary/aromatic N) is 2. The number of anilines is 6. The van der Waals surface area contributed by atoms with Gasteiger partial charge in [0.25, 0.3) is 0 Å². The van der Waals surface area contributed by atoms with Crippen LogP contribution >= 0.6 is 0 Å². The quantitative estimate of drug-likeness (QED) is 0.101. The predicted octanol–water partition coefficient (Wildman–Crippen LogP) is 27.4. The van der Waals surface area contributed by atoms with Crippen LogP contribution in [0.1, 0.15) is 108 Å². The van der Waals surface area contributed by atoms with Crippen molar-refractivity contribution in [3.05, 3.63) is 432 Å². The Balaban J connectivity index is 0.819. The minimum absolute atomic E-state index is 0.00961. The van der Waals surface area contributed by atoms with Crippen LogP contribution in [-0.4, -0.2) is 0 Å². The van der Waals surface area contributed by atoms with Gasteiger partial charge in [-0.15, -0.1) is 0 Å². The van der Waals surface area contributed by atoms with Crippen LogP contribution in [-0.2, 0) is 21.7 Å². The van der Waals surface area contributed by atoms with E-state index < -0.39 is 10.8 Å². The van der Waals surface area contributed by atoms with Gasteiger partial charge in [-0.2, -0.15) is 0 Å². The minimum Gasteiger partial charge on any atom is -0.310 e. The van der Waals surface area contributed by atoms with Gasteiger partial charge in [-0.1, -0.05) is 352 Å². The molecule has 0 heterocycles. The van der Waals surface area contributed by atoms with Gasteiger partial charge in [-0.25, -0.2) is 0 Å². The van der Waals surface area contributed by atoms with Gasteiger partial charge in [0.2, 0.25) is 0 Å². The summed E-state index contributed by atoms with van der Waals surface area (Å²) in [4.78, 5) is 4.93. The highest BCUT2D eigenvalue weighted by Gasteiger charge is 2.48. The first-order valence-electron chi connectivity index (χ1n) is 36.4. The molecular formula is C102H82N2. The van der Waals surface area contributed by atoms with Crippen LogP contribution in [0.4, 0.5) is 34.1 Å². The molecule has 0 bridgehead atoms. The molecule has 2 heteroatoms. The Kier molecular flexibility index (Phi) is 16.2. The summed E-state index contributed by atoms with van der Waals surface area (Å²) < 4.78 is 0. The largest absolute Gasteiger partial charge is 0.310 e. The van der Waals surface area contributed by atoms with Gasteiger partial charge in [0, 0.05) is 33.8 Å². The first kappa shape index (κ1) is 65.0. The summed E-state index contributed by atoms with van der Waals surface area (Å²) in [7, 11) is 0. The molecule has 0 saturated heterocycles. The second-order valence-electron chi connectivity index (χ2n) is 30.1. The van der Waals surface area contributed by atoms with E-state index in [2.05, 4.69) is 416 Å². The lowest BCUT2D eigenvalue weighted by molar-refractivity contribution is 0.589. The van der Waals surface area contributed by atoms with Crippen molar-refractivity contribution < 1.29 is 0 Å². The third kappa shape index (κ3) is 10.9. The molecular weight excluding hydrogens is 1250 g/mol. The maximum absolute atomic E-state index is 4.17. The summed E-state index contributed by atoms with van der Waals surface area (Å²) >= 11 is 0. The first-order valence-corrected chi connectivity index (χ1v) is 36.4. The minimum atomic E-state index is -0.644. The molecule has 15 aromatic rings. The molecule has 2 unspecified atom stereocenters. The highest BCUT2D eigenvalue weighted by molar-refractivity contribution is 6.07. The zero-order valence-corrected chi connectivity index (χ0v) is 59.9. The van der Waals surface area contributed by atoms with Gasteiger partial charge in [0.1, 0.15) is 0 Å². The highest BCUT2D eigenvalue weighted by atomic mass is 15.1. The van der Waals surface area contributed by atoms with Gasteiger partial charge in [0.05, 0.1) is 16.5 Å². The SMILES string of the molecule is C=Cc1ccc(C2(c3ccc(C(C)(C)C)cc3)c3ccccc3-c3ccc(N(c4ccc(-c5ccccc5)cc4)c4ccc(-c5ccc(N(c6ccc(-c7ccccc7)cc6)c6ccc7c(c6)C(c6ccc(C=C)cc6)(c6ccc(C(C)(C)C)cc6)c6ccccc6-7)c6ccccc56)cc4)cc32)cc1. The maximum Gasteiger partial charge on any atom is 0.0714 e. The van der Waals surface area contributed by atoms with Crippen molar-refractivity contribution in [2.45, 2.75) is 63.2 Å². The lowest BCUT2D eigenvalue weighted by Crippen LogP contribution is -2.29. The molecule has 104 heavy (non-hydrogen) atoms. The van der Waals surface area contributed by atoms with Crippen molar-refractivity contribution in [1.29, 1.82) is 0 Å². The van der Waals surface area contributed by atoms with Crippen LogP contribution in [0.3, 0.4) is 0 Å². The molecule has 0 aromatic heterocycles. The molecule has 15 aromatic carbocycles. The molecule has 0 N–H and O–H groups in total. The Hall–Kier alpha value is -12.4. The molecule has 2 aliphatic rings. The maximum atomic E-state index is 4.17. The first-order chi connectivity index (χ1) is 50.7. The molecule has 2 nitrogen and oxygen atoms in total. The van der Waals surface area contributed by atoms with E-state index in [1.54, 1.807) is 0 Å². The Morgan fingerprint density at radius 1 is 0.250 bits per heavy atom. The Morgan fingerprint density at radius 3 is 0.981 bits per heavy atom. The summed E-state index contributed by atoms with van der Waals surface area (Å²) in [6.07, 6.45) is 3.87. The third-order valence-electron chi connectivity index (χ3n) is 22.1. The van der Waals surface area contributed by atoms with E-state index >= 15 is 0 Å². The van der Waals surface area contributed by atoms with Crippen molar-refractivity contribution in [3.8, 4) is 55.6 Å². The van der Waals surface area contributed by atoms with Crippen molar-refractivity contribution in [3.63, 3.8) is 0 Å². The van der Waals surface area contributed by atoms with Gasteiger partial charge < -0.3 is 9.80 Å². The zero-order valence-electron chi connectivity index (χ0n) is 59.9. The molecule has 2 atom stereocenters. The Bertz CT molecular complexity index is 5720. The normalized spacial score (nSPS) is 15.0. The van der Waals surface area contributed by atoms with Crippen LogP contribution in [0, 0.1) is 0 Å². The van der Waals surface area contributed by atoms with Crippen LogP contribution in [0.25, 0.3) is 78.6 Å². The van der Waals surface area contributed by atoms with Crippen LogP contribution in [0.15, 0.2) is 365 Å². The zero-order chi connectivity index (χ0) is 70.9. The average Bonchev–Trinajstić information content (AvgIpc) is 1.53. The van der Waals surface area contributed by atoms with Crippen LogP contribution in [0.2, 0.25) is 0 Å². The monoisotopic (exact) mass is 1330 g/mol. The second-order valence-corrected chi connectivity index (χ2v) is 30.1. The van der Waals surface area contributed by atoms with E-state index in [9.17, 15) is 0 Å². The lowest BCUT2D eigenvalue weighted by Gasteiger charge is -2.35. The van der Waals surface area contributed by atoms with E-state index in [0.29, 0.717) is 0 Å². The predicted molar refractivity (Wildman–Crippen MR) is 442 cm³/mol. The average molecular weight is 1340 g/mol. The van der Waals surface area contributed by atoms with Gasteiger partial charge in [0.15, 0.2) is 0 Å². The number of hydrogen-bond acceptors (Lipinski definition) is 2. The molecule has 0 saturated carbocycles. The lowest BCUT2D eigenvalue weighted by atomic mass is 9.67. The van der Waals surface area contributed by atoms with Crippen LogP contribution < -0.4 is 9.80 Å². The van der Waals surface area contributed by atoms with Crippen molar-refractivity contribution in [2.24, 2.45) is 0 Å². The van der Waals surface area contributed by atoms with E-state index in [-0.39, 0.29) is 10.8 Å². The van der Waals surface area contributed by atoms with E-state index in [0.717, 1.165) is 72.7 Å². The van der Waals surface area contributed by atoms with Crippen LogP contribution in [0.5, 0.6) is 0 Å². The Morgan fingerprint density at radius 2 is 0.567 bits per heavy atom. The summed E-state index contributed by atoms with van der Waals surface area (Å²) in [5.74, 6) is 0. The molecule has 2 aliphatic carbocycles. The summed E-state index contributed by atoms with van der Waals surface area (Å²) in [5, 5.41) is 2.30. The number of hydrogen-bond donors (Lipinski definition) is 0. The second kappa shape index (κ2) is 25.9. The molecule has 0 radical (unpaired) electrons. The fraction of sp³-hybridized carbons (Fsp3) is 0.0980. The summed E-state index contributed by atoms with van der Waals surface area (Å²) in [5.41, 5.74) is 31.7. The third-order valence-corrected chi connectivity index (χ3v) is 22.1. The van der Waals surface area contributed by atoms with E-state index in [1.807, 2.05) is 12.2 Å². The van der Waals surface area contributed by atoms with Gasteiger partial charge >= 0.3 is 0 Å². The Labute approximate surface area is 613 Å². The summed E-state index contributed by atoms with van der Waals surface area (Å²) in [6, 6.07) is 132. The molecule has 17 rings (SSSR count).